The van der Waals surface area contributed by atoms with Gasteiger partial charge in [0.05, 0.1) is 13.2 Å². The molecule has 0 bridgehead atoms. The van der Waals surface area contributed by atoms with Crippen LogP contribution < -0.4 is 0 Å². The topological polar surface area (TPSA) is 55.0 Å². The lowest BCUT2D eigenvalue weighted by Gasteiger charge is -2.03. The molecule has 0 amide bonds. The summed E-state index contributed by atoms with van der Waals surface area (Å²) in [6.45, 7) is 1.21. The highest BCUT2D eigenvalue weighted by Gasteiger charge is 2.18. The molecular formula is C16H11BrN2O2. The SMILES string of the molecule is O=C(c1ccc2c(c1)COC2)c1c[nH]c2ncc(Br)cc12. The van der Waals surface area contributed by atoms with Crippen LogP contribution in [-0.2, 0) is 18.0 Å². The van der Waals surface area contributed by atoms with Crippen molar-refractivity contribution in [1.82, 2.24) is 9.97 Å². The first-order valence-electron chi connectivity index (χ1n) is 6.59. The number of rotatable bonds is 2. The molecule has 21 heavy (non-hydrogen) atoms. The average Bonchev–Trinajstić information content (AvgIpc) is 3.11. The molecule has 3 heterocycles. The number of hydrogen-bond acceptors (Lipinski definition) is 3. The van der Waals surface area contributed by atoms with Crippen LogP contribution >= 0.6 is 15.9 Å². The molecule has 0 fully saturated rings. The van der Waals surface area contributed by atoms with Gasteiger partial charge in [-0.05, 0) is 39.2 Å². The van der Waals surface area contributed by atoms with Gasteiger partial charge in [0.2, 0.25) is 0 Å². The number of H-pyrrole nitrogens is 1. The van der Waals surface area contributed by atoms with E-state index in [0.29, 0.717) is 30.0 Å². The number of nitrogens with zero attached hydrogens (tertiary/aromatic N) is 1. The van der Waals surface area contributed by atoms with Gasteiger partial charge in [-0.15, -0.1) is 0 Å². The smallest absolute Gasteiger partial charge is 0.195 e. The molecule has 0 saturated heterocycles. The first kappa shape index (κ1) is 12.7. The highest BCUT2D eigenvalue weighted by molar-refractivity contribution is 9.10. The Bertz CT molecular complexity index is 870. The van der Waals surface area contributed by atoms with Crippen molar-refractivity contribution < 1.29 is 9.53 Å². The molecule has 0 atom stereocenters. The van der Waals surface area contributed by atoms with Gasteiger partial charge in [0.15, 0.2) is 5.78 Å². The fourth-order valence-electron chi connectivity index (χ4n) is 2.63. The van der Waals surface area contributed by atoms with Gasteiger partial charge in [0, 0.05) is 33.4 Å². The Kier molecular flexibility index (Phi) is 2.90. The number of hydrogen-bond donors (Lipinski definition) is 1. The summed E-state index contributed by atoms with van der Waals surface area (Å²) in [5, 5.41) is 0.825. The molecule has 1 N–H and O–H groups in total. The zero-order chi connectivity index (χ0) is 14.4. The number of aromatic nitrogens is 2. The lowest BCUT2D eigenvalue weighted by Crippen LogP contribution is -2.01. The summed E-state index contributed by atoms with van der Waals surface area (Å²) in [6, 6.07) is 7.66. The predicted molar refractivity (Wildman–Crippen MR) is 82.2 cm³/mol. The van der Waals surface area contributed by atoms with Crippen molar-refractivity contribution >= 4 is 32.7 Å². The molecule has 0 spiro atoms. The largest absolute Gasteiger partial charge is 0.372 e. The van der Waals surface area contributed by atoms with Gasteiger partial charge < -0.3 is 9.72 Å². The Morgan fingerprint density at radius 1 is 1.24 bits per heavy atom. The van der Waals surface area contributed by atoms with Crippen LogP contribution in [0.5, 0.6) is 0 Å². The Hall–Kier alpha value is -1.98. The number of nitrogens with one attached hydrogen (secondary N) is 1. The van der Waals surface area contributed by atoms with E-state index in [0.717, 1.165) is 21.0 Å². The van der Waals surface area contributed by atoms with Crippen LogP contribution in [0.3, 0.4) is 0 Å². The molecule has 4 rings (SSSR count). The van der Waals surface area contributed by atoms with Crippen LogP contribution in [-0.4, -0.2) is 15.8 Å². The first-order chi connectivity index (χ1) is 10.2. The van der Waals surface area contributed by atoms with Crippen molar-refractivity contribution in [1.29, 1.82) is 0 Å². The number of carbonyl (C=O) groups excluding carboxylic acids is 1. The maximum absolute atomic E-state index is 12.7. The Morgan fingerprint density at radius 3 is 3.00 bits per heavy atom. The zero-order valence-corrected chi connectivity index (χ0v) is 12.6. The average molecular weight is 343 g/mol. The fourth-order valence-corrected chi connectivity index (χ4v) is 2.97. The van der Waals surface area contributed by atoms with Crippen molar-refractivity contribution in [3.8, 4) is 0 Å². The second-order valence-electron chi connectivity index (χ2n) is 5.06. The van der Waals surface area contributed by atoms with Crippen molar-refractivity contribution in [3.63, 3.8) is 0 Å². The van der Waals surface area contributed by atoms with E-state index < -0.39 is 0 Å². The minimum absolute atomic E-state index is 0.00384. The second kappa shape index (κ2) is 4.79. The summed E-state index contributed by atoms with van der Waals surface area (Å²) in [4.78, 5) is 20.0. The zero-order valence-electron chi connectivity index (χ0n) is 11.0. The Labute approximate surface area is 129 Å². The molecule has 1 aliphatic rings. The highest BCUT2D eigenvalue weighted by Crippen LogP contribution is 2.25. The summed E-state index contributed by atoms with van der Waals surface area (Å²) in [5.41, 5.74) is 4.29. The second-order valence-corrected chi connectivity index (χ2v) is 5.97. The van der Waals surface area contributed by atoms with Crippen LogP contribution in [0.4, 0.5) is 0 Å². The van der Waals surface area contributed by atoms with Crippen LogP contribution in [0.15, 0.2) is 41.1 Å². The summed E-state index contributed by atoms with van der Waals surface area (Å²) < 4.78 is 6.25. The third kappa shape index (κ3) is 2.09. The third-order valence-electron chi connectivity index (χ3n) is 3.73. The molecular weight excluding hydrogens is 332 g/mol. The molecule has 0 aliphatic carbocycles. The van der Waals surface area contributed by atoms with Gasteiger partial charge in [0.1, 0.15) is 5.65 Å². The quantitative estimate of drug-likeness (QED) is 0.724. The molecule has 0 unspecified atom stereocenters. The molecule has 0 saturated carbocycles. The van der Waals surface area contributed by atoms with Crippen LogP contribution in [0.25, 0.3) is 11.0 Å². The lowest BCUT2D eigenvalue weighted by atomic mass is 9.99. The number of halogens is 1. The Balaban J connectivity index is 1.81. The number of carbonyl (C=O) groups is 1. The third-order valence-corrected chi connectivity index (χ3v) is 4.16. The van der Waals surface area contributed by atoms with E-state index in [1.54, 1.807) is 12.4 Å². The standard InChI is InChI=1S/C16H11BrN2O2/c17-12-4-13-14(6-19-16(13)18-5-12)15(20)9-1-2-10-7-21-8-11(10)3-9/h1-6H,7-8H2,(H,18,19). The van der Waals surface area contributed by atoms with Crippen molar-refractivity contribution in [2.24, 2.45) is 0 Å². The molecule has 5 heteroatoms. The molecule has 0 radical (unpaired) electrons. The summed E-state index contributed by atoms with van der Waals surface area (Å²) in [5.74, 6) is -0.00384. The van der Waals surface area contributed by atoms with E-state index in [1.807, 2.05) is 24.3 Å². The fraction of sp³-hybridized carbons (Fsp3) is 0.125. The van der Waals surface area contributed by atoms with Crippen LogP contribution in [0.1, 0.15) is 27.0 Å². The molecule has 4 nitrogen and oxygen atoms in total. The minimum atomic E-state index is -0.00384. The van der Waals surface area contributed by atoms with Crippen molar-refractivity contribution in [3.05, 3.63) is 63.4 Å². The van der Waals surface area contributed by atoms with E-state index in [4.69, 9.17) is 4.74 Å². The van der Waals surface area contributed by atoms with Gasteiger partial charge >= 0.3 is 0 Å². The number of aromatic amines is 1. The Morgan fingerprint density at radius 2 is 2.10 bits per heavy atom. The van der Waals surface area contributed by atoms with Gasteiger partial charge in [-0.3, -0.25) is 4.79 Å². The lowest BCUT2D eigenvalue weighted by molar-refractivity contribution is 0.104. The number of benzene rings is 1. The van der Waals surface area contributed by atoms with Crippen LogP contribution in [0.2, 0.25) is 0 Å². The molecule has 3 aromatic rings. The van der Waals surface area contributed by atoms with Crippen LogP contribution in [0, 0.1) is 0 Å². The number of ether oxygens (including phenoxy) is 1. The number of ketones is 1. The van der Waals surface area contributed by atoms with E-state index in [9.17, 15) is 4.79 Å². The molecule has 1 aliphatic heterocycles. The highest BCUT2D eigenvalue weighted by atomic mass is 79.9. The van der Waals surface area contributed by atoms with E-state index in [1.165, 1.54) is 0 Å². The normalized spacial score (nSPS) is 13.6. The van der Waals surface area contributed by atoms with Crippen molar-refractivity contribution in [2.45, 2.75) is 13.2 Å². The molecule has 104 valence electrons. The minimum Gasteiger partial charge on any atom is -0.372 e. The van der Waals surface area contributed by atoms with Crippen molar-refractivity contribution in [2.75, 3.05) is 0 Å². The van der Waals surface area contributed by atoms with Gasteiger partial charge in [0.25, 0.3) is 0 Å². The van der Waals surface area contributed by atoms with Gasteiger partial charge in [-0.25, -0.2) is 4.98 Å². The first-order valence-corrected chi connectivity index (χ1v) is 7.38. The summed E-state index contributed by atoms with van der Waals surface area (Å²) in [6.07, 6.45) is 3.43. The molecule has 2 aromatic heterocycles. The van der Waals surface area contributed by atoms with E-state index in [-0.39, 0.29) is 5.78 Å². The van der Waals surface area contributed by atoms with Gasteiger partial charge in [-0.2, -0.15) is 0 Å². The number of pyridine rings is 1. The van der Waals surface area contributed by atoms with E-state index >= 15 is 0 Å². The van der Waals surface area contributed by atoms with Gasteiger partial charge in [-0.1, -0.05) is 12.1 Å². The predicted octanol–water partition coefficient (Wildman–Crippen LogP) is 3.59. The molecule has 1 aromatic carbocycles. The number of fused-ring (bicyclic) bond motifs is 2. The summed E-state index contributed by atoms with van der Waals surface area (Å²) in [7, 11) is 0. The maximum atomic E-state index is 12.7. The monoisotopic (exact) mass is 342 g/mol. The van der Waals surface area contributed by atoms with E-state index in [2.05, 4.69) is 25.9 Å². The summed E-state index contributed by atoms with van der Waals surface area (Å²) >= 11 is 3.39. The maximum Gasteiger partial charge on any atom is 0.195 e.